The first-order chi connectivity index (χ1) is 7.73. The Morgan fingerprint density at radius 1 is 1.69 bits per heavy atom. The highest BCUT2D eigenvalue weighted by molar-refractivity contribution is 5.81. The van der Waals surface area contributed by atoms with Crippen LogP contribution >= 0.6 is 0 Å². The number of rotatable bonds is 5. The van der Waals surface area contributed by atoms with E-state index in [0.717, 1.165) is 12.8 Å². The molecule has 88 valence electrons. The molecule has 1 heterocycles. The van der Waals surface area contributed by atoms with Gasteiger partial charge in [0.15, 0.2) is 0 Å². The summed E-state index contributed by atoms with van der Waals surface area (Å²) in [7, 11) is 3.20. The van der Waals surface area contributed by atoms with Gasteiger partial charge < -0.3 is 10.1 Å². The van der Waals surface area contributed by atoms with Crippen LogP contribution in [0.4, 0.5) is 0 Å². The van der Waals surface area contributed by atoms with Crippen LogP contribution in [0.3, 0.4) is 0 Å². The average molecular weight is 224 g/mol. The molecule has 1 saturated carbocycles. The number of carbonyl (C=O) groups excluding carboxylic acids is 1. The van der Waals surface area contributed by atoms with Gasteiger partial charge in [0.2, 0.25) is 0 Å². The number of hydrogen-bond donors (Lipinski definition) is 1. The molecule has 0 aromatic carbocycles. The number of methoxy groups -OCH3 is 1. The SMILES string of the molecule is CNC(Cn1cncn1)(C(=O)OC)C1CC1. The van der Waals surface area contributed by atoms with Gasteiger partial charge in [-0.15, -0.1) is 0 Å². The highest BCUT2D eigenvalue weighted by atomic mass is 16.5. The van der Waals surface area contributed by atoms with Gasteiger partial charge in [-0.1, -0.05) is 0 Å². The number of aromatic nitrogens is 3. The lowest BCUT2D eigenvalue weighted by Crippen LogP contribution is -2.56. The third kappa shape index (κ3) is 1.80. The number of nitrogens with zero attached hydrogens (tertiary/aromatic N) is 3. The van der Waals surface area contributed by atoms with E-state index >= 15 is 0 Å². The standard InChI is InChI=1S/C10H16N4O2/c1-11-10(8-3-4-8,9(15)16-2)5-14-7-12-6-13-14/h6-8,11H,3-5H2,1-2H3. The fraction of sp³-hybridized carbons (Fsp3) is 0.700. The highest BCUT2D eigenvalue weighted by Crippen LogP contribution is 2.41. The minimum Gasteiger partial charge on any atom is -0.468 e. The summed E-state index contributed by atoms with van der Waals surface area (Å²) in [6, 6.07) is 0. The van der Waals surface area contributed by atoms with Crippen LogP contribution in [0.25, 0.3) is 0 Å². The van der Waals surface area contributed by atoms with E-state index in [2.05, 4.69) is 15.4 Å². The molecule has 6 heteroatoms. The normalized spacial score (nSPS) is 19.1. The quantitative estimate of drug-likeness (QED) is 0.703. The monoisotopic (exact) mass is 224 g/mol. The zero-order chi connectivity index (χ0) is 11.6. The number of ether oxygens (including phenoxy) is 1. The van der Waals surface area contributed by atoms with Gasteiger partial charge in [-0.2, -0.15) is 5.10 Å². The van der Waals surface area contributed by atoms with Gasteiger partial charge in [0, 0.05) is 0 Å². The van der Waals surface area contributed by atoms with Crippen molar-refractivity contribution in [2.24, 2.45) is 5.92 Å². The van der Waals surface area contributed by atoms with E-state index in [1.165, 1.54) is 13.4 Å². The summed E-state index contributed by atoms with van der Waals surface area (Å²) in [4.78, 5) is 15.8. The fourth-order valence-electron chi connectivity index (χ4n) is 2.07. The Kier molecular flexibility index (Phi) is 2.91. The van der Waals surface area contributed by atoms with Gasteiger partial charge in [-0.3, -0.25) is 4.68 Å². The topological polar surface area (TPSA) is 69.0 Å². The predicted octanol–water partition coefficient (Wildman–Crippen LogP) is -0.181. The van der Waals surface area contributed by atoms with E-state index < -0.39 is 5.54 Å². The van der Waals surface area contributed by atoms with Crippen molar-refractivity contribution in [3.05, 3.63) is 12.7 Å². The van der Waals surface area contributed by atoms with Crippen molar-refractivity contribution in [1.82, 2.24) is 20.1 Å². The molecule has 1 aliphatic rings. The van der Waals surface area contributed by atoms with Crippen LogP contribution in [-0.2, 0) is 16.1 Å². The van der Waals surface area contributed by atoms with Crippen molar-refractivity contribution < 1.29 is 9.53 Å². The van der Waals surface area contributed by atoms with Crippen LogP contribution in [0.5, 0.6) is 0 Å². The Balaban J connectivity index is 2.22. The smallest absolute Gasteiger partial charge is 0.328 e. The third-order valence-electron chi connectivity index (χ3n) is 3.15. The third-order valence-corrected chi connectivity index (χ3v) is 3.15. The Hall–Kier alpha value is -1.43. The highest BCUT2D eigenvalue weighted by Gasteiger charge is 2.51. The molecule has 1 unspecified atom stereocenters. The maximum absolute atomic E-state index is 11.9. The van der Waals surface area contributed by atoms with E-state index in [-0.39, 0.29) is 5.97 Å². The van der Waals surface area contributed by atoms with Crippen molar-refractivity contribution in [3.63, 3.8) is 0 Å². The Bertz CT molecular complexity index is 361. The van der Waals surface area contributed by atoms with E-state index in [1.54, 1.807) is 18.1 Å². The zero-order valence-corrected chi connectivity index (χ0v) is 9.51. The molecule has 1 aliphatic carbocycles. The van der Waals surface area contributed by atoms with Gasteiger partial charge in [0.25, 0.3) is 0 Å². The molecule has 1 N–H and O–H groups in total. The van der Waals surface area contributed by atoms with Crippen LogP contribution in [-0.4, -0.2) is 40.4 Å². The minimum atomic E-state index is -0.664. The van der Waals surface area contributed by atoms with Gasteiger partial charge in [0.1, 0.15) is 18.2 Å². The van der Waals surface area contributed by atoms with Crippen molar-refractivity contribution in [2.75, 3.05) is 14.2 Å². The lowest BCUT2D eigenvalue weighted by atomic mass is 9.93. The molecule has 0 aliphatic heterocycles. The van der Waals surface area contributed by atoms with Crippen molar-refractivity contribution >= 4 is 5.97 Å². The first kappa shape index (κ1) is 11.1. The zero-order valence-electron chi connectivity index (χ0n) is 9.51. The van der Waals surface area contributed by atoms with Crippen molar-refractivity contribution in [2.45, 2.75) is 24.9 Å². The summed E-state index contributed by atoms with van der Waals surface area (Å²) in [5.74, 6) is 0.0992. The van der Waals surface area contributed by atoms with E-state index in [0.29, 0.717) is 12.5 Å². The second-order valence-electron chi connectivity index (χ2n) is 4.08. The molecule has 1 aromatic heterocycles. The van der Waals surface area contributed by atoms with E-state index in [4.69, 9.17) is 4.74 Å². The lowest BCUT2D eigenvalue weighted by Gasteiger charge is -2.30. The fourth-order valence-corrected chi connectivity index (χ4v) is 2.07. The Labute approximate surface area is 94.0 Å². The van der Waals surface area contributed by atoms with Gasteiger partial charge in [-0.05, 0) is 25.8 Å². The lowest BCUT2D eigenvalue weighted by molar-refractivity contribution is -0.150. The molecule has 1 fully saturated rings. The van der Waals surface area contributed by atoms with Gasteiger partial charge in [-0.25, -0.2) is 9.78 Å². The summed E-state index contributed by atoms with van der Waals surface area (Å²) >= 11 is 0. The minimum absolute atomic E-state index is 0.229. The first-order valence-corrected chi connectivity index (χ1v) is 5.32. The molecular formula is C10H16N4O2. The van der Waals surface area contributed by atoms with E-state index in [1.807, 2.05) is 0 Å². The predicted molar refractivity (Wildman–Crippen MR) is 56.6 cm³/mol. The summed E-state index contributed by atoms with van der Waals surface area (Å²) < 4.78 is 6.55. The first-order valence-electron chi connectivity index (χ1n) is 5.32. The molecule has 1 aromatic rings. The molecule has 0 amide bonds. The van der Waals surface area contributed by atoms with Crippen LogP contribution in [0.15, 0.2) is 12.7 Å². The number of likely N-dealkylation sites (N-methyl/N-ethyl adjacent to an activating group) is 1. The summed E-state index contributed by atoms with van der Waals surface area (Å²) in [5.41, 5.74) is -0.664. The number of hydrogen-bond acceptors (Lipinski definition) is 5. The molecule has 0 radical (unpaired) electrons. The van der Waals surface area contributed by atoms with E-state index in [9.17, 15) is 4.79 Å². The molecule has 0 saturated heterocycles. The molecule has 0 bridgehead atoms. The average Bonchev–Trinajstić information content (AvgIpc) is 3.04. The summed E-state index contributed by atoms with van der Waals surface area (Å²) in [6.07, 6.45) is 5.16. The molecule has 6 nitrogen and oxygen atoms in total. The van der Waals surface area contributed by atoms with Gasteiger partial charge in [0.05, 0.1) is 13.7 Å². The molecule has 0 spiro atoms. The van der Waals surface area contributed by atoms with Gasteiger partial charge >= 0.3 is 5.97 Å². The maximum Gasteiger partial charge on any atom is 0.328 e. The van der Waals surface area contributed by atoms with Crippen molar-refractivity contribution in [1.29, 1.82) is 0 Å². The maximum atomic E-state index is 11.9. The largest absolute Gasteiger partial charge is 0.468 e. The van der Waals surface area contributed by atoms with Crippen LogP contribution in [0.2, 0.25) is 0 Å². The van der Waals surface area contributed by atoms with Crippen LogP contribution in [0, 0.1) is 5.92 Å². The molecule has 1 atom stereocenters. The Morgan fingerprint density at radius 3 is 2.88 bits per heavy atom. The molecule has 2 rings (SSSR count). The summed E-state index contributed by atoms with van der Waals surface area (Å²) in [5, 5.41) is 7.14. The number of esters is 1. The summed E-state index contributed by atoms with van der Waals surface area (Å²) in [6.45, 7) is 0.459. The number of carbonyl (C=O) groups is 1. The molecule has 16 heavy (non-hydrogen) atoms. The Morgan fingerprint density at radius 2 is 2.44 bits per heavy atom. The second kappa shape index (κ2) is 4.21. The second-order valence-corrected chi connectivity index (χ2v) is 4.08. The van der Waals surface area contributed by atoms with Crippen molar-refractivity contribution in [3.8, 4) is 0 Å². The van der Waals surface area contributed by atoms with Crippen LogP contribution < -0.4 is 5.32 Å². The van der Waals surface area contributed by atoms with Crippen LogP contribution in [0.1, 0.15) is 12.8 Å². The molecular weight excluding hydrogens is 208 g/mol. The number of nitrogens with one attached hydrogen (secondary N) is 1.